The van der Waals surface area contributed by atoms with Crippen molar-refractivity contribution in [1.29, 1.82) is 0 Å². The van der Waals surface area contributed by atoms with Gasteiger partial charge in [-0.1, -0.05) is 18.6 Å². The van der Waals surface area contributed by atoms with Crippen LogP contribution in [0.2, 0.25) is 0 Å². The van der Waals surface area contributed by atoms with Gasteiger partial charge in [0, 0.05) is 24.3 Å². The third-order valence-electron chi connectivity index (χ3n) is 4.69. The summed E-state index contributed by atoms with van der Waals surface area (Å²) in [6, 6.07) is 9.56. The number of hydrogen-bond donors (Lipinski definition) is 2. The fourth-order valence-corrected chi connectivity index (χ4v) is 3.33. The van der Waals surface area contributed by atoms with Crippen LogP contribution in [0.15, 0.2) is 30.5 Å². The average Bonchev–Trinajstić information content (AvgIpc) is 2.96. The van der Waals surface area contributed by atoms with Crippen molar-refractivity contribution in [3.8, 4) is 0 Å². The van der Waals surface area contributed by atoms with Gasteiger partial charge in [0.05, 0.1) is 0 Å². The Kier molecular flexibility index (Phi) is 4.94. The minimum absolute atomic E-state index is 0.786. The Morgan fingerprint density at radius 3 is 3.14 bits per heavy atom. The highest BCUT2D eigenvalue weighted by atomic mass is 15.2. The van der Waals surface area contributed by atoms with Gasteiger partial charge in [0.25, 0.3) is 0 Å². The predicted octanol–water partition coefficient (Wildman–Crippen LogP) is 3.52. The summed E-state index contributed by atoms with van der Waals surface area (Å²) in [7, 11) is 0. The Labute approximate surface area is 127 Å². The lowest BCUT2D eigenvalue weighted by Crippen LogP contribution is -2.38. The molecule has 0 radical (unpaired) electrons. The van der Waals surface area contributed by atoms with E-state index in [1.807, 2.05) is 6.20 Å². The van der Waals surface area contributed by atoms with Gasteiger partial charge in [-0.3, -0.25) is 0 Å². The van der Waals surface area contributed by atoms with Gasteiger partial charge in [0.1, 0.15) is 0 Å². The van der Waals surface area contributed by atoms with Crippen molar-refractivity contribution < 1.29 is 0 Å². The van der Waals surface area contributed by atoms with E-state index in [4.69, 9.17) is 0 Å². The number of hydrogen-bond acceptors (Lipinski definition) is 2. The van der Waals surface area contributed by atoms with Crippen LogP contribution >= 0.6 is 0 Å². The summed E-state index contributed by atoms with van der Waals surface area (Å²) < 4.78 is 0. The number of aromatic nitrogens is 1. The highest BCUT2D eigenvalue weighted by molar-refractivity contribution is 5.79. The molecule has 1 aliphatic rings. The molecule has 1 aromatic carbocycles. The Morgan fingerprint density at radius 2 is 2.24 bits per heavy atom. The largest absolute Gasteiger partial charge is 0.361 e. The highest BCUT2D eigenvalue weighted by Crippen LogP contribution is 2.16. The SMILES string of the molecule is CC1CCCCN1CCCNCc1ccc2cc[nH]c2c1. The molecular weight excluding hydrogens is 258 g/mol. The summed E-state index contributed by atoms with van der Waals surface area (Å²) in [4.78, 5) is 5.92. The molecule has 2 aromatic rings. The summed E-state index contributed by atoms with van der Waals surface area (Å²) in [6.45, 7) is 6.98. The normalized spacial score (nSPS) is 20.1. The van der Waals surface area contributed by atoms with Crippen molar-refractivity contribution in [2.75, 3.05) is 19.6 Å². The van der Waals surface area contributed by atoms with Gasteiger partial charge in [-0.15, -0.1) is 0 Å². The number of fused-ring (bicyclic) bond motifs is 1. The molecule has 3 rings (SSSR count). The maximum absolute atomic E-state index is 3.57. The van der Waals surface area contributed by atoms with E-state index in [0.717, 1.165) is 19.1 Å². The molecule has 1 aliphatic heterocycles. The lowest BCUT2D eigenvalue weighted by molar-refractivity contribution is 0.159. The van der Waals surface area contributed by atoms with Crippen molar-refractivity contribution in [2.24, 2.45) is 0 Å². The smallest absolute Gasteiger partial charge is 0.0457 e. The Bertz CT molecular complexity index is 560. The van der Waals surface area contributed by atoms with Crippen molar-refractivity contribution in [3.05, 3.63) is 36.0 Å². The molecule has 1 fully saturated rings. The topological polar surface area (TPSA) is 31.1 Å². The van der Waals surface area contributed by atoms with E-state index in [2.05, 4.69) is 46.4 Å². The second-order valence-electron chi connectivity index (χ2n) is 6.31. The molecule has 1 saturated heterocycles. The Balaban J connectivity index is 1.37. The number of likely N-dealkylation sites (tertiary alicyclic amines) is 1. The van der Waals surface area contributed by atoms with Gasteiger partial charge in [0.15, 0.2) is 0 Å². The summed E-state index contributed by atoms with van der Waals surface area (Å²) in [6.07, 6.45) is 7.42. The summed E-state index contributed by atoms with van der Waals surface area (Å²) >= 11 is 0. The quantitative estimate of drug-likeness (QED) is 0.796. The van der Waals surface area contributed by atoms with Crippen LogP contribution in [0.25, 0.3) is 10.9 Å². The molecule has 0 amide bonds. The number of rotatable bonds is 6. The monoisotopic (exact) mass is 285 g/mol. The first-order chi connectivity index (χ1) is 10.3. The fraction of sp³-hybridized carbons (Fsp3) is 0.556. The molecule has 1 atom stereocenters. The third kappa shape index (κ3) is 3.86. The lowest BCUT2D eigenvalue weighted by atomic mass is 10.0. The van der Waals surface area contributed by atoms with Gasteiger partial charge < -0.3 is 15.2 Å². The van der Waals surface area contributed by atoms with Crippen LogP contribution in [0.4, 0.5) is 0 Å². The first kappa shape index (κ1) is 14.6. The third-order valence-corrected chi connectivity index (χ3v) is 4.69. The van der Waals surface area contributed by atoms with E-state index in [9.17, 15) is 0 Å². The molecule has 0 saturated carbocycles. The van der Waals surface area contributed by atoms with Crippen molar-refractivity contribution in [3.63, 3.8) is 0 Å². The summed E-state index contributed by atoms with van der Waals surface area (Å²) in [5, 5.41) is 4.86. The molecule has 1 aromatic heterocycles. The first-order valence-corrected chi connectivity index (χ1v) is 8.34. The van der Waals surface area contributed by atoms with Crippen LogP contribution in [-0.2, 0) is 6.54 Å². The lowest BCUT2D eigenvalue weighted by Gasteiger charge is -2.33. The molecule has 0 bridgehead atoms. The summed E-state index contributed by atoms with van der Waals surface area (Å²) in [5.74, 6) is 0. The average molecular weight is 285 g/mol. The molecule has 2 heterocycles. The molecule has 2 N–H and O–H groups in total. The number of aromatic amines is 1. The van der Waals surface area contributed by atoms with Crippen LogP contribution in [0.1, 0.15) is 38.2 Å². The van der Waals surface area contributed by atoms with E-state index in [1.165, 1.54) is 55.2 Å². The minimum atomic E-state index is 0.786. The summed E-state index contributed by atoms with van der Waals surface area (Å²) in [5.41, 5.74) is 2.59. The van der Waals surface area contributed by atoms with Crippen LogP contribution in [0, 0.1) is 0 Å². The first-order valence-electron chi connectivity index (χ1n) is 8.34. The molecule has 1 unspecified atom stereocenters. The number of nitrogens with one attached hydrogen (secondary N) is 2. The number of H-pyrrole nitrogens is 1. The van der Waals surface area contributed by atoms with Crippen LogP contribution < -0.4 is 5.32 Å². The Hall–Kier alpha value is -1.32. The van der Waals surface area contributed by atoms with Crippen LogP contribution in [-0.4, -0.2) is 35.6 Å². The van der Waals surface area contributed by atoms with E-state index < -0.39 is 0 Å². The van der Waals surface area contributed by atoms with Gasteiger partial charge in [-0.05, 0) is 68.9 Å². The van der Waals surface area contributed by atoms with Gasteiger partial charge in [0.2, 0.25) is 0 Å². The second kappa shape index (κ2) is 7.10. The van der Waals surface area contributed by atoms with Crippen LogP contribution in [0.5, 0.6) is 0 Å². The zero-order chi connectivity index (χ0) is 14.5. The van der Waals surface area contributed by atoms with E-state index in [-0.39, 0.29) is 0 Å². The molecule has 3 heteroatoms. The molecule has 114 valence electrons. The van der Waals surface area contributed by atoms with Gasteiger partial charge >= 0.3 is 0 Å². The van der Waals surface area contributed by atoms with E-state index in [1.54, 1.807) is 0 Å². The predicted molar refractivity (Wildman–Crippen MR) is 89.5 cm³/mol. The van der Waals surface area contributed by atoms with E-state index in [0.29, 0.717) is 0 Å². The zero-order valence-corrected chi connectivity index (χ0v) is 13.1. The number of piperidine rings is 1. The fourth-order valence-electron chi connectivity index (χ4n) is 3.33. The molecule has 3 nitrogen and oxygen atoms in total. The number of nitrogens with zero attached hydrogens (tertiary/aromatic N) is 1. The Morgan fingerprint density at radius 1 is 1.29 bits per heavy atom. The van der Waals surface area contributed by atoms with Crippen molar-refractivity contribution in [2.45, 2.75) is 45.2 Å². The zero-order valence-electron chi connectivity index (χ0n) is 13.1. The van der Waals surface area contributed by atoms with Gasteiger partial charge in [-0.2, -0.15) is 0 Å². The van der Waals surface area contributed by atoms with E-state index >= 15 is 0 Å². The molecular formula is C18H27N3. The maximum Gasteiger partial charge on any atom is 0.0457 e. The van der Waals surface area contributed by atoms with Crippen molar-refractivity contribution in [1.82, 2.24) is 15.2 Å². The van der Waals surface area contributed by atoms with Crippen molar-refractivity contribution >= 4 is 10.9 Å². The maximum atomic E-state index is 3.57. The second-order valence-corrected chi connectivity index (χ2v) is 6.31. The van der Waals surface area contributed by atoms with Crippen LogP contribution in [0.3, 0.4) is 0 Å². The highest BCUT2D eigenvalue weighted by Gasteiger charge is 2.16. The molecule has 21 heavy (non-hydrogen) atoms. The molecule has 0 spiro atoms. The minimum Gasteiger partial charge on any atom is -0.361 e. The number of benzene rings is 1. The standard InChI is InChI=1S/C18H27N3/c1-15-5-2-3-11-21(15)12-4-9-19-14-16-6-7-17-8-10-20-18(17)13-16/h6-8,10,13,15,19-20H,2-5,9,11-12,14H2,1H3. The van der Waals surface area contributed by atoms with Gasteiger partial charge in [-0.25, -0.2) is 0 Å². The molecule has 0 aliphatic carbocycles.